The van der Waals surface area contributed by atoms with Crippen LogP contribution in [-0.2, 0) is 4.74 Å². The van der Waals surface area contributed by atoms with E-state index in [1.165, 1.54) is 11.1 Å². The van der Waals surface area contributed by atoms with Gasteiger partial charge < -0.3 is 9.84 Å². The standard InChI is InChI=1S/C19H29NO2/c1-17(13-18-7-4-3-5-8-18)14-20-11-6-9-19(15-20,16-21)10-12-22-2/h3-5,7-8,13,21H,6,9-12,14-16H2,1-2H3/b17-13+/t19-/m1/s1. The molecule has 3 nitrogen and oxygen atoms in total. The number of methoxy groups -OCH3 is 1. The zero-order valence-corrected chi connectivity index (χ0v) is 13.9. The maximum Gasteiger partial charge on any atom is 0.0500 e. The zero-order chi connectivity index (χ0) is 15.8. The molecule has 1 aliphatic rings. The van der Waals surface area contributed by atoms with E-state index in [-0.39, 0.29) is 12.0 Å². The minimum absolute atomic E-state index is 0.0152. The van der Waals surface area contributed by atoms with Gasteiger partial charge in [0.15, 0.2) is 0 Å². The summed E-state index contributed by atoms with van der Waals surface area (Å²) in [6.45, 7) is 6.24. The molecule has 0 aliphatic carbocycles. The monoisotopic (exact) mass is 303 g/mol. The molecule has 1 atom stereocenters. The molecule has 1 aromatic carbocycles. The second kappa shape index (κ2) is 8.47. The first kappa shape index (κ1) is 17.2. The minimum Gasteiger partial charge on any atom is -0.396 e. The number of rotatable bonds is 7. The number of likely N-dealkylation sites (tertiary alicyclic amines) is 1. The van der Waals surface area contributed by atoms with Crippen molar-refractivity contribution in [3.63, 3.8) is 0 Å². The van der Waals surface area contributed by atoms with Crippen LogP contribution in [0.3, 0.4) is 0 Å². The average molecular weight is 303 g/mol. The molecule has 1 aliphatic heterocycles. The number of hydrogen-bond donors (Lipinski definition) is 1. The molecule has 0 aromatic heterocycles. The van der Waals surface area contributed by atoms with Crippen LogP contribution in [0.5, 0.6) is 0 Å². The quantitative estimate of drug-likeness (QED) is 0.839. The van der Waals surface area contributed by atoms with E-state index in [9.17, 15) is 5.11 Å². The number of aliphatic hydroxyl groups excluding tert-OH is 1. The summed E-state index contributed by atoms with van der Waals surface area (Å²) in [4.78, 5) is 2.48. The molecule has 1 saturated heterocycles. The molecule has 2 rings (SSSR count). The van der Waals surface area contributed by atoms with E-state index in [2.05, 4.69) is 42.2 Å². The molecular formula is C19H29NO2. The summed E-state index contributed by atoms with van der Waals surface area (Å²) in [6, 6.07) is 10.5. The molecule has 0 unspecified atom stereocenters. The smallest absolute Gasteiger partial charge is 0.0500 e. The maximum atomic E-state index is 9.86. The zero-order valence-electron chi connectivity index (χ0n) is 13.9. The van der Waals surface area contributed by atoms with Crippen molar-refractivity contribution in [2.75, 3.05) is 40.0 Å². The summed E-state index contributed by atoms with van der Waals surface area (Å²) in [5.41, 5.74) is 2.64. The fraction of sp³-hybridized carbons (Fsp3) is 0.579. The molecule has 22 heavy (non-hydrogen) atoms. The molecule has 0 bridgehead atoms. The molecule has 122 valence electrons. The number of aliphatic hydroxyl groups is 1. The highest BCUT2D eigenvalue weighted by Gasteiger charge is 2.34. The molecule has 1 aromatic rings. The van der Waals surface area contributed by atoms with E-state index < -0.39 is 0 Å². The summed E-state index contributed by atoms with van der Waals surface area (Å²) in [5, 5.41) is 9.86. The van der Waals surface area contributed by atoms with E-state index in [0.29, 0.717) is 0 Å². The van der Waals surface area contributed by atoms with Crippen molar-refractivity contribution in [3.8, 4) is 0 Å². The lowest BCUT2D eigenvalue weighted by Gasteiger charge is -2.42. The minimum atomic E-state index is 0.0152. The lowest BCUT2D eigenvalue weighted by atomic mass is 9.78. The number of hydrogen-bond acceptors (Lipinski definition) is 3. The molecule has 0 amide bonds. The van der Waals surface area contributed by atoms with Crippen molar-refractivity contribution in [2.45, 2.75) is 26.2 Å². The lowest BCUT2D eigenvalue weighted by molar-refractivity contribution is 0.0108. The Balaban J connectivity index is 1.96. The van der Waals surface area contributed by atoms with E-state index in [4.69, 9.17) is 4.74 Å². The number of nitrogens with zero attached hydrogens (tertiary/aromatic N) is 1. The highest BCUT2D eigenvalue weighted by molar-refractivity contribution is 5.52. The van der Waals surface area contributed by atoms with Crippen LogP contribution < -0.4 is 0 Å². The molecule has 1 fully saturated rings. The van der Waals surface area contributed by atoms with Crippen molar-refractivity contribution in [3.05, 3.63) is 41.5 Å². The van der Waals surface area contributed by atoms with Crippen LogP contribution in [0.2, 0.25) is 0 Å². The van der Waals surface area contributed by atoms with Gasteiger partial charge in [0, 0.05) is 32.2 Å². The SMILES string of the molecule is COCC[C@]1(CO)CCCN(C/C(C)=C/c2ccccc2)C1. The van der Waals surface area contributed by atoms with E-state index >= 15 is 0 Å². The molecule has 3 heteroatoms. The van der Waals surface area contributed by atoms with Gasteiger partial charge in [-0.05, 0) is 38.3 Å². The largest absolute Gasteiger partial charge is 0.396 e. The highest BCUT2D eigenvalue weighted by atomic mass is 16.5. The molecule has 1 heterocycles. The van der Waals surface area contributed by atoms with Crippen molar-refractivity contribution in [1.29, 1.82) is 0 Å². The number of benzene rings is 1. The number of ether oxygens (including phenoxy) is 1. The summed E-state index contributed by atoms with van der Waals surface area (Å²) in [6.07, 6.45) is 5.45. The third-order valence-electron chi connectivity index (χ3n) is 4.60. The Hall–Kier alpha value is -1.16. The second-order valence-corrected chi connectivity index (χ2v) is 6.62. The van der Waals surface area contributed by atoms with Crippen LogP contribution in [0, 0.1) is 5.41 Å². The van der Waals surface area contributed by atoms with Gasteiger partial charge in [0.1, 0.15) is 0 Å². The van der Waals surface area contributed by atoms with Gasteiger partial charge in [-0.1, -0.05) is 42.0 Å². The van der Waals surface area contributed by atoms with Gasteiger partial charge in [0.05, 0.1) is 6.61 Å². The van der Waals surface area contributed by atoms with Gasteiger partial charge in [-0.15, -0.1) is 0 Å². The molecular weight excluding hydrogens is 274 g/mol. The third kappa shape index (κ3) is 4.94. The normalized spacial score (nSPS) is 23.7. The third-order valence-corrected chi connectivity index (χ3v) is 4.60. The fourth-order valence-corrected chi connectivity index (χ4v) is 3.41. The fourth-order valence-electron chi connectivity index (χ4n) is 3.41. The summed E-state index contributed by atoms with van der Waals surface area (Å²) in [7, 11) is 1.73. The Labute approximate surface area is 134 Å². The van der Waals surface area contributed by atoms with Crippen molar-refractivity contribution >= 4 is 6.08 Å². The summed E-state index contributed by atoms with van der Waals surface area (Å²) >= 11 is 0. The van der Waals surface area contributed by atoms with Crippen molar-refractivity contribution in [1.82, 2.24) is 4.90 Å². The Morgan fingerprint density at radius 1 is 1.36 bits per heavy atom. The van der Waals surface area contributed by atoms with Crippen LogP contribution in [0.4, 0.5) is 0 Å². The first-order valence-electron chi connectivity index (χ1n) is 8.22. The van der Waals surface area contributed by atoms with E-state index in [1.807, 2.05) is 6.07 Å². The van der Waals surface area contributed by atoms with Crippen LogP contribution >= 0.6 is 0 Å². The Morgan fingerprint density at radius 3 is 2.82 bits per heavy atom. The maximum absolute atomic E-state index is 9.86. The Bertz CT molecular complexity index is 472. The van der Waals surface area contributed by atoms with E-state index in [1.54, 1.807) is 7.11 Å². The van der Waals surface area contributed by atoms with Gasteiger partial charge >= 0.3 is 0 Å². The molecule has 0 spiro atoms. The molecule has 0 saturated carbocycles. The number of piperidine rings is 1. The van der Waals surface area contributed by atoms with Gasteiger partial charge in [-0.25, -0.2) is 0 Å². The molecule has 1 N–H and O–H groups in total. The highest BCUT2D eigenvalue weighted by Crippen LogP contribution is 2.33. The molecule has 0 radical (unpaired) electrons. The predicted octanol–water partition coefficient (Wildman–Crippen LogP) is 3.20. The van der Waals surface area contributed by atoms with Gasteiger partial charge in [-0.3, -0.25) is 4.90 Å². The van der Waals surface area contributed by atoms with Gasteiger partial charge in [0.2, 0.25) is 0 Å². The Kier molecular flexibility index (Phi) is 6.62. The Morgan fingerprint density at radius 2 is 2.14 bits per heavy atom. The van der Waals surface area contributed by atoms with Gasteiger partial charge in [0.25, 0.3) is 0 Å². The van der Waals surface area contributed by atoms with Crippen LogP contribution in [0.1, 0.15) is 31.7 Å². The van der Waals surface area contributed by atoms with Crippen molar-refractivity contribution in [2.24, 2.45) is 5.41 Å². The summed E-state index contributed by atoms with van der Waals surface area (Å²) < 4.78 is 5.23. The first-order valence-corrected chi connectivity index (χ1v) is 8.22. The predicted molar refractivity (Wildman–Crippen MR) is 91.8 cm³/mol. The first-order chi connectivity index (χ1) is 10.7. The lowest BCUT2D eigenvalue weighted by Crippen LogP contribution is -2.46. The summed E-state index contributed by atoms with van der Waals surface area (Å²) in [5.74, 6) is 0. The van der Waals surface area contributed by atoms with Crippen LogP contribution in [-0.4, -0.2) is 50.0 Å². The second-order valence-electron chi connectivity index (χ2n) is 6.62. The topological polar surface area (TPSA) is 32.7 Å². The van der Waals surface area contributed by atoms with E-state index in [0.717, 1.165) is 45.5 Å². The van der Waals surface area contributed by atoms with Crippen LogP contribution in [0.25, 0.3) is 6.08 Å². The van der Waals surface area contributed by atoms with Crippen LogP contribution in [0.15, 0.2) is 35.9 Å². The van der Waals surface area contributed by atoms with Crippen molar-refractivity contribution < 1.29 is 9.84 Å². The van der Waals surface area contributed by atoms with Gasteiger partial charge in [-0.2, -0.15) is 0 Å². The average Bonchev–Trinajstić information content (AvgIpc) is 2.54.